The van der Waals surface area contributed by atoms with Crippen molar-refractivity contribution in [1.29, 1.82) is 0 Å². The van der Waals surface area contributed by atoms with E-state index in [-0.39, 0.29) is 0 Å². The Labute approximate surface area is 214 Å². The first kappa shape index (κ1) is 33.0. The Morgan fingerprint density at radius 2 is 0.767 bits per heavy atom. The second-order valence-electron chi connectivity index (χ2n) is 5.89. The van der Waals surface area contributed by atoms with Gasteiger partial charge in [-0.1, -0.05) is 35.4 Å². The van der Waals surface area contributed by atoms with E-state index in [0.29, 0.717) is 10.5 Å². The van der Waals surface area contributed by atoms with Crippen LogP contribution >= 0.6 is 80.5 Å². The Bertz CT molecular complexity index is 360. The normalized spacial score (nSPS) is 14.8. The van der Waals surface area contributed by atoms with Crippen LogP contribution in [0.3, 0.4) is 0 Å². The molecule has 0 saturated carbocycles. The van der Waals surface area contributed by atoms with Crippen LogP contribution in [-0.2, 0) is 26.6 Å². The summed E-state index contributed by atoms with van der Waals surface area (Å²) < 4.78 is 32.8. The van der Waals surface area contributed by atoms with Crippen molar-refractivity contribution in [1.82, 2.24) is 0 Å². The van der Waals surface area contributed by atoms with Gasteiger partial charge in [-0.05, 0) is 71.8 Å². The third-order valence-electron chi connectivity index (χ3n) is 4.13. The summed E-state index contributed by atoms with van der Waals surface area (Å²) in [6.07, 6.45) is 2.02. The van der Waals surface area contributed by atoms with Gasteiger partial charge in [0.05, 0.1) is 0 Å². The minimum Gasteiger partial charge on any atom is -0.377 e. The molecule has 0 aromatic carbocycles. The highest BCUT2D eigenvalue weighted by molar-refractivity contribution is 9.48. The average molecular weight is 611 g/mol. The van der Waals surface area contributed by atoms with Crippen molar-refractivity contribution < 1.29 is 26.6 Å². The Kier molecular flexibility index (Phi) is 22.2. The Morgan fingerprint density at radius 1 is 0.500 bits per heavy atom. The molecule has 182 valence electrons. The lowest BCUT2D eigenvalue weighted by Crippen LogP contribution is -2.43. The highest BCUT2D eigenvalue weighted by Crippen LogP contribution is 2.58. The number of hydrogen-bond acceptors (Lipinski definition) is 14. The number of rotatable bonds is 21. The molecule has 0 rings (SSSR count). The summed E-state index contributed by atoms with van der Waals surface area (Å²) in [5.74, 6) is 0. The third kappa shape index (κ3) is 14.4. The van der Waals surface area contributed by atoms with Crippen molar-refractivity contribution in [3.8, 4) is 0 Å². The van der Waals surface area contributed by atoms with Crippen molar-refractivity contribution in [2.45, 2.75) is 49.3 Å². The molecule has 6 nitrogen and oxygen atoms in total. The van der Waals surface area contributed by atoms with E-state index in [1.54, 1.807) is 82.0 Å². The molecular weight excluding hydrogens is 577 g/mol. The molecule has 0 aromatic rings. The maximum absolute atomic E-state index is 5.47. The molecular formula is C14H34O6S8Si2. The molecule has 0 aliphatic rings. The lowest BCUT2D eigenvalue weighted by Gasteiger charge is -2.25. The molecule has 0 amide bonds. The van der Waals surface area contributed by atoms with Crippen molar-refractivity contribution in [3.63, 3.8) is 0 Å². The van der Waals surface area contributed by atoms with E-state index in [1.807, 2.05) is 41.2 Å². The van der Waals surface area contributed by atoms with Crippen LogP contribution in [0.4, 0.5) is 0 Å². The third-order valence-corrected chi connectivity index (χ3v) is 25.9. The minimum atomic E-state index is -2.45. The molecule has 0 radical (unpaired) electrons. The van der Waals surface area contributed by atoms with Gasteiger partial charge in [0, 0.05) is 65.2 Å². The summed E-state index contributed by atoms with van der Waals surface area (Å²) in [6.45, 7) is 4.46. The number of hydrogen-bond donors (Lipinski definition) is 0. The summed E-state index contributed by atoms with van der Waals surface area (Å²) >= 11 is 0. The molecule has 0 bridgehead atoms. The fraction of sp³-hybridized carbons (Fsp3) is 1.00. The molecule has 0 saturated heterocycles. The molecule has 0 aliphatic heterocycles. The SMILES string of the molecule is CO[Si](CCC(C)SSSSSSSSC(C)CC[Si](OC)(OC)OC)(OC)OC. The maximum Gasteiger partial charge on any atom is 0.500 e. The maximum atomic E-state index is 5.47. The predicted octanol–water partition coefficient (Wildman–Crippen LogP) is 7.57. The van der Waals surface area contributed by atoms with Crippen molar-refractivity contribution in [2.75, 3.05) is 42.7 Å². The quantitative estimate of drug-likeness (QED) is 0.0729. The topological polar surface area (TPSA) is 55.4 Å². The van der Waals surface area contributed by atoms with Gasteiger partial charge in [-0.25, -0.2) is 0 Å². The standard InChI is InChI=1S/C14H34O6S8Si2/c1-13(9-11-29(15-3,16-4)17-5)21-23-25-27-28-26-24-22-14(2)10-12-30(18-6,19-7)20-8/h13-14H,9-12H2,1-8H3. The van der Waals surface area contributed by atoms with E-state index in [2.05, 4.69) is 13.8 Å². The van der Waals surface area contributed by atoms with Gasteiger partial charge >= 0.3 is 17.6 Å². The summed E-state index contributed by atoms with van der Waals surface area (Å²) in [6, 6.07) is 1.67. The highest BCUT2D eigenvalue weighted by Gasteiger charge is 2.38. The smallest absolute Gasteiger partial charge is 0.377 e. The van der Waals surface area contributed by atoms with Gasteiger partial charge in [-0.2, -0.15) is 0 Å². The van der Waals surface area contributed by atoms with Crippen LogP contribution in [0.1, 0.15) is 26.7 Å². The zero-order valence-corrected chi connectivity index (χ0v) is 27.2. The monoisotopic (exact) mass is 610 g/mol. The fourth-order valence-electron chi connectivity index (χ4n) is 2.18. The van der Waals surface area contributed by atoms with Gasteiger partial charge in [0.1, 0.15) is 0 Å². The zero-order chi connectivity index (χ0) is 22.9. The van der Waals surface area contributed by atoms with Crippen molar-refractivity contribution in [3.05, 3.63) is 0 Å². The Hall–Kier alpha value is 2.99. The van der Waals surface area contributed by atoms with Gasteiger partial charge in [-0.15, -0.1) is 0 Å². The van der Waals surface area contributed by atoms with Crippen LogP contribution in [-0.4, -0.2) is 70.8 Å². The first-order chi connectivity index (χ1) is 14.4. The molecule has 0 spiro atoms. The first-order valence-corrected chi connectivity index (χ1v) is 23.1. The summed E-state index contributed by atoms with van der Waals surface area (Å²) in [7, 11) is 19.7. The van der Waals surface area contributed by atoms with Crippen LogP contribution < -0.4 is 0 Å². The fourth-order valence-corrected chi connectivity index (χ4v) is 24.4. The lowest BCUT2D eigenvalue weighted by atomic mass is 10.4. The van der Waals surface area contributed by atoms with Crippen LogP contribution in [0, 0.1) is 0 Å². The van der Waals surface area contributed by atoms with E-state index in [4.69, 9.17) is 26.6 Å². The van der Waals surface area contributed by atoms with Crippen molar-refractivity contribution >= 4 is 98.2 Å². The van der Waals surface area contributed by atoms with Crippen LogP contribution in [0.5, 0.6) is 0 Å². The average Bonchev–Trinajstić information content (AvgIpc) is 2.78. The molecule has 30 heavy (non-hydrogen) atoms. The van der Waals surface area contributed by atoms with Gasteiger partial charge in [-0.3, -0.25) is 0 Å². The van der Waals surface area contributed by atoms with Crippen LogP contribution in [0.15, 0.2) is 0 Å². The summed E-state index contributed by atoms with van der Waals surface area (Å²) in [4.78, 5) is 0. The van der Waals surface area contributed by atoms with E-state index in [9.17, 15) is 0 Å². The molecule has 0 aliphatic carbocycles. The first-order valence-electron chi connectivity index (χ1n) is 8.99. The van der Waals surface area contributed by atoms with E-state index < -0.39 is 17.6 Å². The molecule has 0 aromatic heterocycles. The lowest BCUT2D eigenvalue weighted by molar-refractivity contribution is 0.122. The molecule has 2 atom stereocenters. The zero-order valence-electron chi connectivity index (χ0n) is 18.7. The van der Waals surface area contributed by atoms with E-state index in [1.165, 1.54) is 0 Å². The van der Waals surface area contributed by atoms with Gasteiger partial charge in [0.25, 0.3) is 0 Å². The van der Waals surface area contributed by atoms with Crippen LogP contribution in [0.25, 0.3) is 0 Å². The van der Waals surface area contributed by atoms with E-state index >= 15 is 0 Å². The molecule has 0 heterocycles. The summed E-state index contributed by atoms with van der Waals surface area (Å²) in [5, 5.41) is 1.03. The van der Waals surface area contributed by atoms with Crippen molar-refractivity contribution in [2.24, 2.45) is 0 Å². The van der Waals surface area contributed by atoms with Crippen LogP contribution in [0.2, 0.25) is 12.1 Å². The molecule has 16 heteroatoms. The second-order valence-corrected chi connectivity index (χ2v) is 25.8. The molecule has 2 unspecified atom stereocenters. The highest BCUT2D eigenvalue weighted by atomic mass is 34.0. The van der Waals surface area contributed by atoms with Gasteiger partial charge in [0.2, 0.25) is 0 Å². The molecule has 0 N–H and O–H groups in total. The molecule has 0 fully saturated rings. The van der Waals surface area contributed by atoms with Gasteiger partial charge in [0.15, 0.2) is 0 Å². The van der Waals surface area contributed by atoms with Gasteiger partial charge < -0.3 is 26.6 Å². The Balaban J connectivity index is 3.72. The summed E-state index contributed by atoms with van der Waals surface area (Å²) in [5.41, 5.74) is 0. The van der Waals surface area contributed by atoms with E-state index in [0.717, 1.165) is 24.9 Å². The second kappa shape index (κ2) is 20.2. The Morgan fingerprint density at radius 3 is 1.03 bits per heavy atom. The predicted molar refractivity (Wildman–Crippen MR) is 152 cm³/mol. The minimum absolute atomic E-state index is 0.515. The largest absolute Gasteiger partial charge is 0.500 e.